The maximum atomic E-state index is 11.3. The van der Waals surface area contributed by atoms with Crippen LogP contribution in [-0.4, -0.2) is 25.0 Å². The summed E-state index contributed by atoms with van der Waals surface area (Å²) in [4.78, 5) is 11.3. The first-order chi connectivity index (χ1) is 8.69. The highest BCUT2D eigenvalue weighted by Crippen LogP contribution is 2.37. The van der Waals surface area contributed by atoms with Gasteiger partial charge in [-0.1, -0.05) is 23.7 Å². The Morgan fingerprint density at radius 3 is 2.89 bits per heavy atom. The number of amides is 1. The van der Waals surface area contributed by atoms with Crippen LogP contribution in [0.25, 0.3) is 0 Å². The van der Waals surface area contributed by atoms with Gasteiger partial charge in [0.15, 0.2) is 0 Å². The highest BCUT2D eigenvalue weighted by molar-refractivity contribution is 6.30. The second-order valence-corrected chi connectivity index (χ2v) is 5.19. The van der Waals surface area contributed by atoms with Gasteiger partial charge in [0.2, 0.25) is 5.91 Å². The van der Waals surface area contributed by atoms with Crippen LogP contribution in [0.2, 0.25) is 5.02 Å². The number of rotatable bonds is 5. The second kappa shape index (κ2) is 6.21. The summed E-state index contributed by atoms with van der Waals surface area (Å²) in [6.07, 6.45) is 2.17. The molecule has 2 N–H and O–H groups in total. The van der Waals surface area contributed by atoms with Crippen molar-refractivity contribution in [1.82, 2.24) is 10.6 Å². The lowest BCUT2D eigenvalue weighted by Crippen LogP contribution is -2.44. The van der Waals surface area contributed by atoms with Gasteiger partial charge in [0.25, 0.3) is 0 Å². The minimum Gasteiger partial charge on any atom is -0.355 e. The Morgan fingerprint density at radius 1 is 1.44 bits per heavy atom. The van der Waals surface area contributed by atoms with Crippen LogP contribution in [-0.2, 0) is 4.79 Å². The lowest BCUT2D eigenvalue weighted by atomic mass is 9.76. The van der Waals surface area contributed by atoms with Crippen LogP contribution in [0.3, 0.4) is 0 Å². The fourth-order valence-electron chi connectivity index (χ4n) is 2.31. The predicted octanol–water partition coefficient (Wildman–Crippen LogP) is 2.31. The number of carbonyl (C=O) groups is 1. The number of halogens is 1. The summed E-state index contributed by atoms with van der Waals surface area (Å²) in [5.74, 6) is 0.652. The average molecular weight is 267 g/mol. The molecule has 0 aliphatic heterocycles. The molecule has 3 nitrogen and oxygen atoms in total. The largest absolute Gasteiger partial charge is 0.355 e. The first-order valence-electron chi connectivity index (χ1n) is 6.44. The van der Waals surface area contributed by atoms with Gasteiger partial charge in [0.05, 0.1) is 6.54 Å². The molecule has 1 saturated carbocycles. The molecule has 4 heteroatoms. The highest BCUT2D eigenvalue weighted by Gasteiger charge is 2.30. The van der Waals surface area contributed by atoms with Gasteiger partial charge in [-0.3, -0.25) is 4.79 Å². The van der Waals surface area contributed by atoms with Gasteiger partial charge >= 0.3 is 0 Å². The molecule has 0 aromatic heterocycles. The third kappa shape index (κ3) is 3.47. The SMILES string of the molecule is CCNC(=O)CNC1CC(c2cccc(Cl)c2)C1. The van der Waals surface area contributed by atoms with E-state index in [1.807, 2.05) is 25.1 Å². The number of likely N-dealkylation sites (N-methyl/N-ethyl adjacent to an activating group) is 1. The van der Waals surface area contributed by atoms with Crippen LogP contribution < -0.4 is 10.6 Å². The second-order valence-electron chi connectivity index (χ2n) is 4.75. The maximum Gasteiger partial charge on any atom is 0.233 e. The van der Waals surface area contributed by atoms with Gasteiger partial charge in [0, 0.05) is 17.6 Å². The van der Waals surface area contributed by atoms with Crippen molar-refractivity contribution in [2.75, 3.05) is 13.1 Å². The van der Waals surface area contributed by atoms with E-state index in [0.29, 0.717) is 25.0 Å². The number of hydrogen-bond donors (Lipinski definition) is 2. The molecular formula is C14H19ClN2O. The summed E-state index contributed by atoms with van der Waals surface area (Å²) in [5.41, 5.74) is 1.30. The fourth-order valence-corrected chi connectivity index (χ4v) is 2.51. The van der Waals surface area contributed by atoms with Crippen molar-refractivity contribution >= 4 is 17.5 Å². The Kier molecular flexibility index (Phi) is 4.61. The van der Waals surface area contributed by atoms with E-state index in [1.54, 1.807) is 0 Å². The smallest absolute Gasteiger partial charge is 0.233 e. The first kappa shape index (κ1) is 13.4. The molecule has 0 spiro atoms. The molecule has 0 heterocycles. The molecule has 1 aliphatic carbocycles. The molecule has 98 valence electrons. The third-order valence-electron chi connectivity index (χ3n) is 3.38. The molecule has 1 aromatic rings. The van der Waals surface area contributed by atoms with Gasteiger partial charge < -0.3 is 10.6 Å². The lowest BCUT2D eigenvalue weighted by Gasteiger charge is -2.36. The minimum atomic E-state index is 0.0729. The van der Waals surface area contributed by atoms with Crippen LogP contribution in [0.1, 0.15) is 31.2 Å². The van der Waals surface area contributed by atoms with Gasteiger partial charge in [-0.25, -0.2) is 0 Å². The van der Waals surface area contributed by atoms with Crippen molar-refractivity contribution in [3.05, 3.63) is 34.9 Å². The van der Waals surface area contributed by atoms with Crippen LogP contribution in [0.5, 0.6) is 0 Å². The van der Waals surface area contributed by atoms with E-state index in [2.05, 4.69) is 16.7 Å². The molecule has 0 unspecified atom stereocenters. The topological polar surface area (TPSA) is 41.1 Å². The van der Waals surface area contributed by atoms with Gasteiger partial charge in [-0.05, 0) is 43.4 Å². The summed E-state index contributed by atoms with van der Waals surface area (Å²) in [6.45, 7) is 3.04. The summed E-state index contributed by atoms with van der Waals surface area (Å²) < 4.78 is 0. The highest BCUT2D eigenvalue weighted by atomic mass is 35.5. The molecule has 1 amide bonds. The van der Waals surface area contributed by atoms with Crippen molar-refractivity contribution in [3.8, 4) is 0 Å². The molecule has 1 aliphatic rings. The van der Waals surface area contributed by atoms with Gasteiger partial charge in [0.1, 0.15) is 0 Å². The molecule has 2 rings (SSSR count). The van der Waals surface area contributed by atoms with E-state index >= 15 is 0 Å². The molecule has 0 radical (unpaired) electrons. The van der Waals surface area contributed by atoms with Crippen molar-refractivity contribution in [1.29, 1.82) is 0 Å². The molecular weight excluding hydrogens is 248 g/mol. The predicted molar refractivity (Wildman–Crippen MR) is 73.9 cm³/mol. The molecule has 0 bridgehead atoms. The third-order valence-corrected chi connectivity index (χ3v) is 3.62. The van der Waals surface area contributed by atoms with Crippen molar-refractivity contribution in [2.45, 2.75) is 31.7 Å². The summed E-state index contributed by atoms with van der Waals surface area (Å²) in [5, 5.41) is 6.85. The Balaban J connectivity index is 1.72. The van der Waals surface area contributed by atoms with Gasteiger partial charge in [-0.2, -0.15) is 0 Å². The zero-order valence-electron chi connectivity index (χ0n) is 10.6. The Labute approximate surface area is 113 Å². The first-order valence-corrected chi connectivity index (χ1v) is 6.82. The Bertz CT molecular complexity index is 416. The Hall–Kier alpha value is -1.06. The monoisotopic (exact) mass is 266 g/mol. The quantitative estimate of drug-likeness (QED) is 0.859. The molecule has 0 atom stereocenters. The Morgan fingerprint density at radius 2 is 2.22 bits per heavy atom. The summed E-state index contributed by atoms with van der Waals surface area (Å²) >= 11 is 5.98. The lowest BCUT2D eigenvalue weighted by molar-refractivity contribution is -0.120. The fraction of sp³-hybridized carbons (Fsp3) is 0.500. The zero-order chi connectivity index (χ0) is 13.0. The normalized spacial score (nSPS) is 22.3. The van der Waals surface area contributed by atoms with Crippen LogP contribution >= 0.6 is 11.6 Å². The van der Waals surface area contributed by atoms with Gasteiger partial charge in [-0.15, -0.1) is 0 Å². The molecule has 1 aromatic carbocycles. The molecule has 0 saturated heterocycles. The number of hydrogen-bond acceptors (Lipinski definition) is 2. The van der Waals surface area contributed by atoms with E-state index < -0.39 is 0 Å². The molecule has 1 fully saturated rings. The van der Waals surface area contributed by atoms with Crippen molar-refractivity contribution in [2.24, 2.45) is 0 Å². The van der Waals surface area contributed by atoms with E-state index in [1.165, 1.54) is 5.56 Å². The van der Waals surface area contributed by atoms with E-state index in [9.17, 15) is 4.79 Å². The van der Waals surface area contributed by atoms with E-state index in [-0.39, 0.29) is 5.91 Å². The van der Waals surface area contributed by atoms with Crippen LogP contribution in [0.15, 0.2) is 24.3 Å². The molecule has 18 heavy (non-hydrogen) atoms. The van der Waals surface area contributed by atoms with Crippen LogP contribution in [0.4, 0.5) is 0 Å². The van der Waals surface area contributed by atoms with E-state index in [0.717, 1.165) is 17.9 Å². The van der Waals surface area contributed by atoms with Crippen LogP contribution in [0, 0.1) is 0 Å². The summed E-state index contributed by atoms with van der Waals surface area (Å²) in [6, 6.07) is 8.50. The van der Waals surface area contributed by atoms with Crippen molar-refractivity contribution in [3.63, 3.8) is 0 Å². The standard InChI is InChI=1S/C14H19ClN2O/c1-2-16-14(18)9-17-13-7-11(8-13)10-4-3-5-12(15)6-10/h3-6,11,13,17H,2,7-9H2,1H3,(H,16,18). The van der Waals surface area contributed by atoms with Crippen molar-refractivity contribution < 1.29 is 4.79 Å². The average Bonchev–Trinajstić information content (AvgIpc) is 2.27. The number of nitrogens with one attached hydrogen (secondary N) is 2. The number of carbonyl (C=O) groups excluding carboxylic acids is 1. The summed E-state index contributed by atoms with van der Waals surface area (Å²) in [7, 11) is 0. The zero-order valence-corrected chi connectivity index (χ0v) is 11.3. The maximum absolute atomic E-state index is 11.3. The number of benzene rings is 1. The minimum absolute atomic E-state index is 0.0729. The van der Waals surface area contributed by atoms with E-state index in [4.69, 9.17) is 11.6 Å².